The number of nitrogens with zero attached hydrogens (tertiary/aromatic N) is 3. The van der Waals surface area contributed by atoms with Gasteiger partial charge in [0.25, 0.3) is 0 Å². The molecule has 2 aromatic rings. The lowest BCUT2D eigenvalue weighted by molar-refractivity contribution is 0.331. The van der Waals surface area contributed by atoms with Crippen LogP contribution in [0.2, 0.25) is 0 Å². The van der Waals surface area contributed by atoms with Gasteiger partial charge in [0, 0.05) is 12.1 Å². The van der Waals surface area contributed by atoms with E-state index in [1.807, 2.05) is 18.2 Å². The summed E-state index contributed by atoms with van der Waals surface area (Å²) in [7, 11) is 0. The molecule has 1 aliphatic rings. The van der Waals surface area contributed by atoms with Crippen molar-refractivity contribution in [3.63, 3.8) is 0 Å². The molecular formula is C14H14N4OS. The van der Waals surface area contributed by atoms with Crippen molar-refractivity contribution in [2.24, 2.45) is 5.73 Å². The zero-order valence-electron chi connectivity index (χ0n) is 10.8. The molecule has 3 rings (SSSR count). The molecule has 102 valence electrons. The molecule has 0 aliphatic carbocycles. The van der Waals surface area contributed by atoms with Gasteiger partial charge in [0.2, 0.25) is 0 Å². The normalized spacial score (nSPS) is 14.1. The molecule has 0 saturated carbocycles. The van der Waals surface area contributed by atoms with Gasteiger partial charge in [-0.05, 0) is 6.07 Å². The predicted octanol–water partition coefficient (Wildman–Crippen LogP) is 1.51. The third-order valence-electron chi connectivity index (χ3n) is 3.17. The SMILES string of the molecule is NC(=S)c1cnc(N2CCOc3ccccc3C2)cn1. The summed E-state index contributed by atoms with van der Waals surface area (Å²) < 4.78 is 5.73. The molecule has 1 aromatic carbocycles. The van der Waals surface area contributed by atoms with Gasteiger partial charge in [-0.3, -0.25) is 0 Å². The molecule has 0 unspecified atom stereocenters. The van der Waals surface area contributed by atoms with Crippen LogP contribution in [0.1, 0.15) is 11.3 Å². The van der Waals surface area contributed by atoms with Gasteiger partial charge < -0.3 is 15.4 Å². The summed E-state index contributed by atoms with van der Waals surface area (Å²) in [6.07, 6.45) is 3.30. The lowest BCUT2D eigenvalue weighted by Gasteiger charge is -2.20. The van der Waals surface area contributed by atoms with Gasteiger partial charge in [0.05, 0.1) is 18.9 Å². The lowest BCUT2D eigenvalue weighted by atomic mass is 10.2. The summed E-state index contributed by atoms with van der Waals surface area (Å²) >= 11 is 4.88. The van der Waals surface area contributed by atoms with E-state index in [9.17, 15) is 0 Å². The standard InChI is InChI=1S/C14H14N4OS/c15-14(20)11-7-17-13(8-16-11)18-5-6-19-12-4-2-1-3-10(12)9-18/h1-4,7-8H,5-6,9H2,(H2,15,20). The third-order valence-corrected chi connectivity index (χ3v) is 3.38. The van der Waals surface area contributed by atoms with Crippen LogP contribution >= 0.6 is 12.2 Å². The highest BCUT2D eigenvalue weighted by Gasteiger charge is 2.16. The Labute approximate surface area is 122 Å². The Hall–Kier alpha value is -2.21. The monoisotopic (exact) mass is 286 g/mol. The van der Waals surface area contributed by atoms with Gasteiger partial charge in [-0.15, -0.1) is 0 Å². The summed E-state index contributed by atoms with van der Waals surface area (Å²) in [5.41, 5.74) is 7.21. The Bertz CT molecular complexity index is 629. The summed E-state index contributed by atoms with van der Waals surface area (Å²) in [5, 5.41) is 0. The molecule has 0 amide bonds. The van der Waals surface area contributed by atoms with Crippen molar-refractivity contribution in [2.75, 3.05) is 18.1 Å². The maximum atomic E-state index is 5.73. The Kier molecular flexibility index (Phi) is 3.47. The number of hydrogen-bond acceptors (Lipinski definition) is 5. The fourth-order valence-corrected chi connectivity index (χ4v) is 2.24. The van der Waals surface area contributed by atoms with Crippen molar-refractivity contribution in [3.05, 3.63) is 47.9 Å². The molecular weight excluding hydrogens is 272 g/mol. The molecule has 20 heavy (non-hydrogen) atoms. The molecule has 2 N–H and O–H groups in total. The fourth-order valence-electron chi connectivity index (χ4n) is 2.13. The lowest BCUT2D eigenvalue weighted by Crippen LogP contribution is -2.26. The number of hydrogen-bond donors (Lipinski definition) is 1. The van der Waals surface area contributed by atoms with Crippen molar-refractivity contribution in [1.82, 2.24) is 9.97 Å². The van der Waals surface area contributed by atoms with E-state index >= 15 is 0 Å². The van der Waals surface area contributed by atoms with Crippen LogP contribution in [0.4, 0.5) is 5.82 Å². The Morgan fingerprint density at radius 3 is 2.85 bits per heavy atom. The topological polar surface area (TPSA) is 64.3 Å². The first-order chi connectivity index (χ1) is 9.74. The van der Waals surface area contributed by atoms with Crippen LogP contribution in [0.25, 0.3) is 0 Å². The van der Waals surface area contributed by atoms with Crippen molar-refractivity contribution in [2.45, 2.75) is 6.54 Å². The molecule has 0 fully saturated rings. The third kappa shape index (κ3) is 2.55. The number of para-hydroxylation sites is 1. The van der Waals surface area contributed by atoms with Crippen LogP contribution in [0.3, 0.4) is 0 Å². The minimum absolute atomic E-state index is 0.258. The molecule has 0 atom stereocenters. The molecule has 2 heterocycles. The van der Waals surface area contributed by atoms with Gasteiger partial charge in [-0.1, -0.05) is 30.4 Å². The maximum absolute atomic E-state index is 5.73. The van der Waals surface area contributed by atoms with E-state index in [0.717, 1.165) is 30.2 Å². The van der Waals surface area contributed by atoms with Gasteiger partial charge in [0.1, 0.15) is 28.9 Å². The van der Waals surface area contributed by atoms with Crippen molar-refractivity contribution < 1.29 is 4.74 Å². The van der Waals surface area contributed by atoms with Crippen LogP contribution in [-0.2, 0) is 6.54 Å². The highest BCUT2D eigenvalue weighted by Crippen LogP contribution is 2.24. The fraction of sp³-hybridized carbons (Fsp3) is 0.214. The second-order valence-electron chi connectivity index (χ2n) is 4.50. The van der Waals surface area contributed by atoms with E-state index in [2.05, 4.69) is 20.9 Å². The number of rotatable bonds is 2. The van der Waals surface area contributed by atoms with Crippen LogP contribution in [-0.4, -0.2) is 28.1 Å². The highest BCUT2D eigenvalue weighted by molar-refractivity contribution is 7.80. The highest BCUT2D eigenvalue weighted by atomic mass is 32.1. The molecule has 0 bridgehead atoms. The van der Waals surface area contributed by atoms with Crippen LogP contribution in [0, 0.1) is 0 Å². The first kappa shape index (κ1) is 12.8. The number of aromatic nitrogens is 2. The average molecular weight is 286 g/mol. The van der Waals surface area contributed by atoms with E-state index < -0.39 is 0 Å². The Morgan fingerprint density at radius 1 is 1.25 bits per heavy atom. The Morgan fingerprint density at radius 2 is 2.10 bits per heavy atom. The number of ether oxygens (including phenoxy) is 1. The van der Waals surface area contributed by atoms with Gasteiger partial charge >= 0.3 is 0 Å². The summed E-state index contributed by atoms with van der Waals surface area (Å²) in [6, 6.07) is 8.03. The Balaban J connectivity index is 1.85. The molecule has 0 radical (unpaired) electrons. The smallest absolute Gasteiger partial charge is 0.147 e. The zero-order chi connectivity index (χ0) is 13.9. The van der Waals surface area contributed by atoms with Crippen LogP contribution < -0.4 is 15.4 Å². The molecule has 6 heteroatoms. The minimum Gasteiger partial charge on any atom is -0.491 e. The minimum atomic E-state index is 0.258. The van der Waals surface area contributed by atoms with Crippen molar-refractivity contribution in [1.29, 1.82) is 0 Å². The first-order valence-electron chi connectivity index (χ1n) is 6.31. The zero-order valence-corrected chi connectivity index (χ0v) is 11.6. The molecule has 0 spiro atoms. The van der Waals surface area contributed by atoms with Crippen molar-refractivity contribution >= 4 is 23.0 Å². The van der Waals surface area contributed by atoms with E-state index in [0.29, 0.717) is 12.3 Å². The maximum Gasteiger partial charge on any atom is 0.147 e. The number of benzene rings is 1. The number of fused-ring (bicyclic) bond motifs is 1. The van der Waals surface area contributed by atoms with E-state index in [-0.39, 0.29) is 4.99 Å². The predicted molar refractivity (Wildman–Crippen MR) is 80.9 cm³/mol. The average Bonchev–Trinajstić information content (AvgIpc) is 2.69. The molecule has 1 aromatic heterocycles. The van der Waals surface area contributed by atoms with Gasteiger partial charge in [0.15, 0.2) is 0 Å². The van der Waals surface area contributed by atoms with Gasteiger partial charge in [-0.25, -0.2) is 9.97 Å². The van der Waals surface area contributed by atoms with Gasteiger partial charge in [-0.2, -0.15) is 0 Å². The quantitative estimate of drug-likeness (QED) is 0.844. The van der Waals surface area contributed by atoms with Crippen LogP contribution in [0.15, 0.2) is 36.7 Å². The van der Waals surface area contributed by atoms with E-state index in [1.54, 1.807) is 12.4 Å². The second-order valence-corrected chi connectivity index (χ2v) is 4.94. The first-order valence-corrected chi connectivity index (χ1v) is 6.72. The van der Waals surface area contributed by atoms with E-state index in [1.165, 1.54) is 0 Å². The van der Waals surface area contributed by atoms with E-state index in [4.69, 9.17) is 22.7 Å². The largest absolute Gasteiger partial charge is 0.491 e. The summed E-state index contributed by atoms with van der Waals surface area (Å²) in [5.74, 6) is 1.73. The number of anilines is 1. The molecule has 1 aliphatic heterocycles. The second kappa shape index (κ2) is 5.42. The number of thiocarbonyl (C=S) groups is 1. The molecule has 5 nitrogen and oxygen atoms in total. The molecule has 0 saturated heterocycles. The summed E-state index contributed by atoms with van der Waals surface area (Å²) in [4.78, 5) is 11.0. The van der Waals surface area contributed by atoms with Crippen molar-refractivity contribution in [3.8, 4) is 5.75 Å². The number of nitrogens with two attached hydrogens (primary N) is 1. The summed E-state index contributed by atoms with van der Waals surface area (Å²) in [6.45, 7) is 2.13. The van der Waals surface area contributed by atoms with Crippen LogP contribution in [0.5, 0.6) is 5.75 Å².